The van der Waals surface area contributed by atoms with E-state index in [9.17, 15) is 4.79 Å². The van der Waals surface area contributed by atoms with E-state index in [0.717, 1.165) is 11.1 Å². The number of nitrogens with two attached hydrogens (primary N) is 1. The molecule has 1 aromatic heterocycles. The fraction of sp³-hybridized carbons (Fsp3) is 0.111. The first kappa shape index (κ1) is 15.2. The molecule has 2 N–H and O–H groups in total. The zero-order valence-electron chi connectivity index (χ0n) is 12.8. The van der Waals surface area contributed by atoms with E-state index in [1.165, 1.54) is 11.3 Å². The molecule has 3 aromatic rings. The molecule has 1 amide bonds. The quantitative estimate of drug-likeness (QED) is 0.797. The van der Waals surface area contributed by atoms with Gasteiger partial charge in [0.25, 0.3) is 5.91 Å². The number of carbonyl (C=O) groups is 1. The molecule has 1 heterocycles. The van der Waals surface area contributed by atoms with Gasteiger partial charge in [-0.1, -0.05) is 72.0 Å². The first-order valence-corrected chi connectivity index (χ1v) is 8.08. The Bertz CT molecular complexity index is 800. The van der Waals surface area contributed by atoms with Gasteiger partial charge in [0.1, 0.15) is 4.88 Å². The Morgan fingerprint density at radius 2 is 1.70 bits per heavy atom. The van der Waals surface area contributed by atoms with Crippen molar-refractivity contribution in [3.8, 4) is 11.3 Å². The Kier molecular flexibility index (Phi) is 4.39. The number of rotatable bonds is 4. The first-order valence-electron chi connectivity index (χ1n) is 7.26. The molecule has 2 aromatic carbocycles. The van der Waals surface area contributed by atoms with Crippen molar-refractivity contribution in [3.05, 3.63) is 71.1 Å². The van der Waals surface area contributed by atoms with Gasteiger partial charge in [0.15, 0.2) is 5.13 Å². The molecule has 0 radical (unpaired) electrons. The van der Waals surface area contributed by atoms with Gasteiger partial charge in [-0.25, -0.2) is 4.98 Å². The van der Waals surface area contributed by atoms with Crippen LogP contribution in [0.4, 0.5) is 5.13 Å². The fourth-order valence-electron chi connectivity index (χ4n) is 2.38. The van der Waals surface area contributed by atoms with E-state index >= 15 is 0 Å². The molecule has 116 valence electrons. The largest absolute Gasteiger partial charge is 0.375 e. The SMILES string of the molecule is CN(Cc1ccccc1)C(=O)c1sc(N)nc1-c1ccccc1. The maximum atomic E-state index is 12.8. The van der Waals surface area contributed by atoms with E-state index in [4.69, 9.17) is 5.73 Å². The predicted octanol–water partition coefficient (Wildman–Crippen LogP) is 3.66. The van der Waals surface area contributed by atoms with Crippen LogP contribution >= 0.6 is 11.3 Å². The van der Waals surface area contributed by atoms with E-state index < -0.39 is 0 Å². The summed E-state index contributed by atoms with van der Waals surface area (Å²) in [5, 5.41) is 0.403. The molecule has 4 nitrogen and oxygen atoms in total. The van der Waals surface area contributed by atoms with Crippen molar-refractivity contribution in [2.45, 2.75) is 6.54 Å². The second-order valence-electron chi connectivity index (χ2n) is 5.24. The third-order valence-corrected chi connectivity index (χ3v) is 4.37. The Morgan fingerprint density at radius 3 is 2.35 bits per heavy atom. The highest BCUT2D eigenvalue weighted by atomic mass is 32.1. The van der Waals surface area contributed by atoms with E-state index in [-0.39, 0.29) is 5.91 Å². The molecule has 0 fully saturated rings. The molecule has 0 aliphatic heterocycles. The van der Waals surface area contributed by atoms with Crippen LogP contribution in [-0.2, 0) is 6.54 Å². The summed E-state index contributed by atoms with van der Waals surface area (Å²) in [5.41, 5.74) is 8.48. The number of hydrogen-bond acceptors (Lipinski definition) is 4. The summed E-state index contributed by atoms with van der Waals surface area (Å²) in [6, 6.07) is 19.5. The van der Waals surface area contributed by atoms with Crippen LogP contribution in [0.2, 0.25) is 0 Å². The van der Waals surface area contributed by atoms with Crippen molar-refractivity contribution in [1.82, 2.24) is 9.88 Å². The van der Waals surface area contributed by atoms with Crippen molar-refractivity contribution < 1.29 is 4.79 Å². The van der Waals surface area contributed by atoms with Crippen molar-refractivity contribution in [3.63, 3.8) is 0 Å². The molecular weight excluding hydrogens is 306 g/mol. The van der Waals surface area contributed by atoms with Crippen LogP contribution in [0.25, 0.3) is 11.3 Å². The summed E-state index contributed by atoms with van der Waals surface area (Å²) in [7, 11) is 1.79. The number of thiazole rings is 1. The first-order chi connectivity index (χ1) is 11.1. The zero-order chi connectivity index (χ0) is 16.2. The van der Waals surface area contributed by atoms with Crippen molar-refractivity contribution in [2.24, 2.45) is 0 Å². The normalized spacial score (nSPS) is 10.5. The minimum atomic E-state index is -0.0677. The van der Waals surface area contributed by atoms with Gasteiger partial charge in [0.2, 0.25) is 0 Å². The van der Waals surface area contributed by atoms with Crippen LogP contribution in [0.3, 0.4) is 0 Å². The van der Waals surface area contributed by atoms with Crippen LogP contribution in [0.1, 0.15) is 15.2 Å². The van der Waals surface area contributed by atoms with Crippen molar-refractivity contribution in [1.29, 1.82) is 0 Å². The van der Waals surface area contributed by atoms with E-state index in [1.807, 2.05) is 60.7 Å². The minimum absolute atomic E-state index is 0.0677. The number of amides is 1. The molecule has 3 rings (SSSR count). The molecule has 0 aliphatic carbocycles. The number of nitrogen functional groups attached to an aromatic ring is 1. The van der Waals surface area contributed by atoms with Gasteiger partial charge in [0.05, 0.1) is 5.69 Å². The highest BCUT2D eigenvalue weighted by molar-refractivity contribution is 7.17. The standard InChI is InChI=1S/C18H17N3OS/c1-21(12-13-8-4-2-5-9-13)17(22)16-15(20-18(19)23-16)14-10-6-3-7-11-14/h2-11H,12H2,1H3,(H2,19,20). The molecular formula is C18H17N3OS. The number of nitrogens with zero attached hydrogens (tertiary/aromatic N) is 2. The van der Waals surface area contributed by atoms with Crippen molar-refractivity contribution in [2.75, 3.05) is 12.8 Å². The molecule has 0 bridgehead atoms. The second kappa shape index (κ2) is 6.62. The summed E-state index contributed by atoms with van der Waals surface area (Å²) in [4.78, 5) is 19.4. The second-order valence-corrected chi connectivity index (χ2v) is 6.27. The summed E-state index contributed by atoms with van der Waals surface area (Å²) >= 11 is 1.23. The van der Waals surface area contributed by atoms with Gasteiger partial charge in [0, 0.05) is 19.2 Å². The van der Waals surface area contributed by atoms with Gasteiger partial charge in [-0.3, -0.25) is 4.79 Å². The molecule has 0 saturated carbocycles. The molecule has 0 atom stereocenters. The van der Waals surface area contributed by atoms with Gasteiger partial charge in [-0.15, -0.1) is 0 Å². The van der Waals surface area contributed by atoms with Crippen LogP contribution in [0.5, 0.6) is 0 Å². The van der Waals surface area contributed by atoms with Gasteiger partial charge in [-0.2, -0.15) is 0 Å². The highest BCUT2D eigenvalue weighted by Gasteiger charge is 2.21. The Labute approximate surface area is 139 Å². The lowest BCUT2D eigenvalue weighted by Crippen LogP contribution is -2.25. The van der Waals surface area contributed by atoms with Crippen LogP contribution in [0.15, 0.2) is 60.7 Å². The van der Waals surface area contributed by atoms with Crippen LogP contribution in [0, 0.1) is 0 Å². The summed E-state index contributed by atoms with van der Waals surface area (Å²) in [6.07, 6.45) is 0. The van der Waals surface area contributed by atoms with E-state index in [0.29, 0.717) is 22.2 Å². The molecule has 0 aliphatic rings. The summed E-state index contributed by atoms with van der Waals surface area (Å²) < 4.78 is 0. The van der Waals surface area contributed by atoms with Crippen LogP contribution < -0.4 is 5.73 Å². The number of anilines is 1. The number of hydrogen-bond donors (Lipinski definition) is 1. The lowest BCUT2D eigenvalue weighted by molar-refractivity contribution is 0.0790. The van der Waals surface area contributed by atoms with E-state index in [1.54, 1.807) is 11.9 Å². The zero-order valence-corrected chi connectivity index (χ0v) is 13.6. The summed E-state index contributed by atoms with van der Waals surface area (Å²) in [6.45, 7) is 0.547. The fourth-order valence-corrected chi connectivity index (χ4v) is 3.23. The Morgan fingerprint density at radius 1 is 1.09 bits per heavy atom. The van der Waals surface area contributed by atoms with Gasteiger partial charge >= 0.3 is 0 Å². The smallest absolute Gasteiger partial charge is 0.266 e. The van der Waals surface area contributed by atoms with Gasteiger partial charge < -0.3 is 10.6 Å². The lowest BCUT2D eigenvalue weighted by Gasteiger charge is -2.17. The molecule has 0 saturated heterocycles. The third kappa shape index (κ3) is 3.40. The maximum absolute atomic E-state index is 12.8. The average molecular weight is 323 g/mol. The van der Waals surface area contributed by atoms with Crippen molar-refractivity contribution >= 4 is 22.4 Å². The molecule has 5 heteroatoms. The summed E-state index contributed by atoms with van der Waals surface area (Å²) in [5.74, 6) is -0.0677. The minimum Gasteiger partial charge on any atom is -0.375 e. The lowest BCUT2D eigenvalue weighted by atomic mass is 10.1. The number of aromatic nitrogens is 1. The average Bonchev–Trinajstić information content (AvgIpc) is 2.97. The third-order valence-electron chi connectivity index (χ3n) is 3.49. The Hall–Kier alpha value is -2.66. The molecule has 0 spiro atoms. The number of benzene rings is 2. The predicted molar refractivity (Wildman–Crippen MR) is 94.2 cm³/mol. The van der Waals surface area contributed by atoms with Gasteiger partial charge in [-0.05, 0) is 5.56 Å². The monoisotopic (exact) mass is 323 g/mol. The highest BCUT2D eigenvalue weighted by Crippen LogP contribution is 2.30. The maximum Gasteiger partial charge on any atom is 0.266 e. The molecule has 0 unspecified atom stereocenters. The number of carbonyl (C=O) groups excluding carboxylic acids is 1. The van der Waals surface area contributed by atoms with Crippen LogP contribution in [-0.4, -0.2) is 22.8 Å². The topological polar surface area (TPSA) is 59.2 Å². The van der Waals surface area contributed by atoms with E-state index in [2.05, 4.69) is 4.98 Å². The molecule has 23 heavy (non-hydrogen) atoms. The Balaban J connectivity index is 1.88.